The van der Waals surface area contributed by atoms with Crippen LogP contribution in [0, 0.1) is 0 Å². The molecule has 0 aliphatic heterocycles. The quantitative estimate of drug-likeness (QED) is 0.178. The Kier molecular flexibility index (Phi) is 8.03. The number of hydrogen-bond donors (Lipinski definition) is 0. The van der Waals surface area contributed by atoms with Crippen LogP contribution in [0.25, 0.3) is 72.5 Å². The number of hydrogen-bond acceptors (Lipinski definition) is 3. The molecule has 2 saturated carbocycles. The summed E-state index contributed by atoms with van der Waals surface area (Å²) < 4.78 is 6.31. The first kappa shape index (κ1) is 35.7. The molecule has 5 aliphatic carbocycles. The summed E-state index contributed by atoms with van der Waals surface area (Å²) in [6, 6.07) is 50.1. The molecule has 8 aromatic rings. The smallest absolute Gasteiger partial charge is 0.231 e. The summed E-state index contributed by atoms with van der Waals surface area (Å²) in [7, 11) is 0. The van der Waals surface area contributed by atoms with E-state index in [0.29, 0.717) is 17.5 Å². The van der Waals surface area contributed by atoms with Crippen molar-refractivity contribution in [1.29, 1.82) is 0 Å². The Morgan fingerprint density at radius 1 is 0.508 bits per heavy atom. The highest BCUT2D eigenvalue weighted by Gasteiger charge is 2.49. The predicted molar refractivity (Wildman–Crippen MR) is 250 cm³/mol. The van der Waals surface area contributed by atoms with Crippen LogP contribution in [0.1, 0.15) is 123 Å². The van der Waals surface area contributed by atoms with E-state index in [4.69, 9.17) is 14.4 Å². The van der Waals surface area contributed by atoms with Crippen molar-refractivity contribution in [2.24, 2.45) is 0 Å². The molecule has 2 heterocycles. The highest BCUT2D eigenvalue weighted by atomic mass is 16.3. The fraction of sp³-hybridized carbons (Fsp3) is 0.276. The number of para-hydroxylation sites is 1. The summed E-state index contributed by atoms with van der Waals surface area (Å²) in [6.45, 7) is 0. The molecule has 0 N–H and O–H groups in total. The lowest BCUT2D eigenvalue weighted by molar-refractivity contribution is 0.350. The van der Waals surface area contributed by atoms with Gasteiger partial charge in [0.25, 0.3) is 0 Å². The van der Waals surface area contributed by atoms with Gasteiger partial charge in [-0.3, -0.25) is 0 Å². The fourth-order valence-electron chi connectivity index (χ4n) is 12.9. The molecule has 2 spiro atoms. The molecule has 61 heavy (non-hydrogen) atoms. The van der Waals surface area contributed by atoms with Crippen molar-refractivity contribution in [1.82, 2.24) is 9.97 Å². The molecule has 0 bridgehead atoms. The van der Waals surface area contributed by atoms with E-state index < -0.39 is 0 Å². The van der Waals surface area contributed by atoms with Gasteiger partial charge in [-0.05, 0) is 130 Å². The summed E-state index contributed by atoms with van der Waals surface area (Å²) in [5.74, 6) is 1.22. The van der Waals surface area contributed by atoms with Gasteiger partial charge >= 0.3 is 0 Å². The Morgan fingerprint density at radius 2 is 1.15 bits per heavy atom. The predicted octanol–water partition coefficient (Wildman–Crippen LogP) is 15.5. The summed E-state index contributed by atoms with van der Waals surface area (Å²) in [4.78, 5) is 10.2. The zero-order valence-electron chi connectivity index (χ0n) is 34.9. The van der Waals surface area contributed by atoms with Crippen LogP contribution in [0.5, 0.6) is 0 Å². The average Bonchev–Trinajstić information content (AvgIpc) is 3.93. The minimum Gasteiger partial charge on any atom is -0.438 e. The van der Waals surface area contributed by atoms with Crippen molar-refractivity contribution in [3.8, 4) is 44.9 Å². The second kappa shape index (κ2) is 13.7. The lowest BCUT2D eigenvalue weighted by Gasteiger charge is -2.37. The fourth-order valence-corrected chi connectivity index (χ4v) is 12.9. The molecule has 1 atom stereocenters. The molecule has 0 radical (unpaired) electrons. The topological polar surface area (TPSA) is 38.9 Å². The largest absolute Gasteiger partial charge is 0.438 e. The number of furan rings is 1. The maximum atomic E-state index is 6.31. The number of aromatic nitrogens is 2. The lowest BCUT2D eigenvalue weighted by atomic mass is 9.66. The van der Waals surface area contributed by atoms with Gasteiger partial charge in [0.1, 0.15) is 5.58 Å². The zero-order valence-corrected chi connectivity index (χ0v) is 34.9. The van der Waals surface area contributed by atoms with Crippen LogP contribution >= 0.6 is 0 Å². The highest BCUT2D eigenvalue weighted by molar-refractivity contribution is 6.10. The zero-order chi connectivity index (χ0) is 40.1. The van der Waals surface area contributed by atoms with Gasteiger partial charge in [-0.15, -0.1) is 0 Å². The second-order valence-corrected chi connectivity index (χ2v) is 18.9. The summed E-state index contributed by atoms with van der Waals surface area (Å²) in [6.07, 6.45) is 19.0. The molecule has 3 heteroatoms. The lowest BCUT2D eigenvalue weighted by Crippen LogP contribution is -2.29. The van der Waals surface area contributed by atoms with Gasteiger partial charge in [-0.2, -0.15) is 4.98 Å². The van der Waals surface area contributed by atoms with Crippen LogP contribution in [-0.4, -0.2) is 9.97 Å². The van der Waals surface area contributed by atoms with Gasteiger partial charge in [0.2, 0.25) is 5.71 Å². The summed E-state index contributed by atoms with van der Waals surface area (Å²) in [5, 5.41) is 2.01. The Hall–Kier alpha value is -6.06. The van der Waals surface area contributed by atoms with Crippen LogP contribution < -0.4 is 0 Å². The molecule has 5 aliphatic rings. The van der Waals surface area contributed by atoms with E-state index in [1.54, 1.807) is 38.9 Å². The first-order valence-corrected chi connectivity index (χ1v) is 23.2. The van der Waals surface area contributed by atoms with E-state index in [1.165, 1.54) is 92.9 Å². The number of fused-ring (bicyclic) bond motifs is 13. The minimum atomic E-state index is 0.158. The second-order valence-electron chi connectivity index (χ2n) is 18.9. The molecule has 2 fully saturated rings. The Labute approximate surface area is 358 Å². The van der Waals surface area contributed by atoms with Crippen molar-refractivity contribution < 1.29 is 4.42 Å². The molecule has 0 amide bonds. The number of benzene rings is 6. The van der Waals surface area contributed by atoms with Gasteiger partial charge in [0, 0.05) is 27.3 Å². The van der Waals surface area contributed by atoms with Crippen molar-refractivity contribution in [2.75, 3.05) is 0 Å². The first-order valence-electron chi connectivity index (χ1n) is 23.2. The van der Waals surface area contributed by atoms with Crippen molar-refractivity contribution >= 4 is 27.6 Å². The van der Waals surface area contributed by atoms with E-state index >= 15 is 0 Å². The van der Waals surface area contributed by atoms with Crippen LogP contribution in [0.15, 0.2) is 144 Å². The van der Waals surface area contributed by atoms with Crippen LogP contribution in [0.3, 0.4) is 0 Å². The van der Waals surface area contributed by atoms with Crippen molar-refractivity contribution in [3.05, 3.63) is 173 Å². The molecule has 6 aromatic carbocycles. The third kappa shape index (κ3) is 5.35. The van der Waals surface area contributed by atoms with Gasteiger partial charge in [0.05, 0.1) is 11.1 Å². The summed E-state index contributed by atoms with van der Waals surface area (Å²) in [5.41, 5.74) is 21.7. The third-order valence-electron chi connectivity index (χ3n) is 15.9. The first-order chi connectivity index (χ1) is 30.2. The minimum absolute atomic E-state index is 0.158. The average molecular weight is 791 g/mol. The highest BCUT2D eigenvalue weighted by Crippen LogP contribution is 2.62. The number of nitrogens with zero attached hydrogens (tertiary/aromatic N) is 2. The normalized spacial score (nSPS) is 19.5. The number of rotatable bonds is 4. The van der Waals surface area contributed by atoms with Gasteiger partial charge in [0.15, 0.2) is 5.82 Å². The Bertz CT molecular complexity index is 3060. The van der Waals surface area contributed by atoms with Gasteiger partial charge in [-0.1, -0.05) is 160 Å². The van der Waals surface area contributed by atoms with Crippen LogP contribution in [0.2, 0.25) is 0 Å². The Balaban J connectivity index is 0.818. The molecule has 298 valence electrons. The van der Waals surface area contributed by atoms with Crippen molar-refractivity contribution in [2.45, 2.75) is 100 Å². The van der Waals surface area contributed by atoms with Crippen LogP contribution in [-0.2, 0) is 10.8 Å². The third-order valence-corrected chi connectivity index (χ3v) is 15.9. The Morgan fingerprint density at radius 3 is 1.89 bits per heavy atom. The maximum absolute atomic E-state index is 6.31. The molecule has 3 nitrogen and oxygen atoms in total. The molecule has 13 rings (SSSR count). The van der Waals surface area contributed by atoms with E-state index in [2.05, 4.69) is 115 Å². The van der Waals surface area contributed by atoms with Crippen molar-refractivity contribution in [3.63, 3.8) is 0 Å². The van der Waals surface area contributed by atoms with E-state index in [0.717, 1.165) is 46.0 Å². The monoisotopic (exact) mass is 790 g/mol. The maximum Gasteiger partial charge on any atom is 0.231 e. The SMILES string of the molecule is C1=C(c2ccc(-c3nc(-c4ccccc4)c4c(n3)oc3ccccc34)cc2)CCC(c2ccc3c(c2)-c2cc4c(cc2C32CCCCC2)-c2ccccc2C42CCCCC2)C1. The van der Waals surface area contributed by atoms with E-state index in [9.17, 15) is 0 Å². The van der Waals surface area contributed by atoms with Gasteiger partial charge in [-0.25, -0.2) is 4.98 Å². The molecule has 1 unspecified atom stereocenters. The molecular weight excluding hydrogens is 741 g/mol. The van der Waals surface area contributed by atoms with Crippen LogP contribution in [0.4, 0.5) is 0 Å². The standard InChI is InChI=1S/C58H50N2O/c1-4-14-40(15-5-1)54-53-44-17-7-9-19-52(44)61-56(53)60-55(59-54)41-26-24-38(25-27-41)37-20-22-39(23-21-37)42-28-29-49-45(34-42)47-36-50-46(35-51(47)58(49)32-12-3-13-33-58)43-16-6-8-18-48(43)57(50)30-10-2-11-31-57/h1,4-9,14-20,24-29,34-36,39H,2-3,10-13,21-23,30-33H2. The number of allylic oxidation sites excluding steroid dienone is 2. The summed E-state index contributed by atoms with van der Waals surface area (Å²) >= 11 is 0. The molecular formula is C58H50N2O. The van der Waals surface area contributed by atoms with E-state index in [1.807, 2.05) is 24.3 Å². The van der Waals surface area contributed by atoms with E-state index in [-0.39, 0.29) is 10.8 Å². The molecule has 2 aromatic heterocycles. The van der Waals surface area contributed by atoms with Gasteiger partial charge < -0.3 is 4.42 Å². The molecule has 0 saturated heterocycles.